The summed E-state index contributed by atoms with van der Waals surface area (Å²) >= 11 is 0. The summed E-state index contributed by atoms with van der Waals surface area (Å²) in [7, 11) is 0. The van der Waals surface area contributed by atoms with Gasteiger partial charge in [-0.25, -0.2) is 4.79 Å². The van der Waals surface area contributed by atoms with Crippen LogP contribution in [-0.4, -0.2) is 24.7 Å². The quantitative estimate of drug-likeness (QED) is 0.589. The molecule has 0 aliphatic heterocycles. The largest absolute Gasteiger partial charge is 0.338 e. The Morgan fingerprint density at radius 2 is 2.00 bits per heavy atom. The average molecular weight is 185 g/mol. The number of urea groups is 1. The summed E-state index contributed by atoms with van der Waals surface area (Å²) in [5, 5.41) is 5.66. The Morgan fingerprint density at radius 3 is 2.54 bits per heavy atom. The molecule has 1 aliphatic rings. The molecule has 4 nitrogen and oxygen atoms in total. The Morgan fingerprint density at radius 1 is 1.38 bits per heavy atom. The summed E-state index contributed by atoms with van der Waals surface area (Å²) in [6.45, 7) is 2.59. The van der Waals surface area contributed by atoms with Crippen LogP contribution in [0.3, 0.4) is 0 Å². The van der Waals surface area contributed by atoms with Gasteiger partial charge >= 0.3 is 6.03 Å². The molecule has 1 saturated carbocycles. The summed E-state index contributed by atoms with van der Waals surface area (Å²) in [5.41, 5.74) is 5.76. The molecule has 1 fully saturated rings. The van der Waals surface area contributed by atoms with E-state index in [4.69, 9.17) is 5.73 Å². The van der Waals surface area contributed by atoms with E-state index in [1.807, 2.05) is 6.92 Å². The minimum Gasteiger partial charge on any atom is -0.338 e. The van der Waals surface area contributed by atoms with Gasteiger partial charge in [-0.15, -0.1) is 0 Å². The molecule has 4 heteroatoms. The lowest BCUT2D eigenvalue weighted by Gasteiger charge is -2.26. The molecule has 0 heterocycles. The van der Waals surface area contributed by atoms with Crippen molar-refractivity contribution in [1.82, 2.24) is 10.6 Å². The summed E-state index contributed by atoms with van der Waals surface area (Å²) in [6.07, 6.45) is 4.07. The fourth-order valence-electron chi connectivity index (χ4n) is 1.66. The van der Waals surface area contributed by atoms with Gasteiger partial charge in [-0.05, 0) is 32.6 Å². The van der Waals surface area contributed by atoms with Gasteiger partial charge in [0.25, 0.3) is 0 Å². The van der Waals surface area contributed by atoms with Crippen LogP contribution in [0.4, 0.5) is 4.79 Å². The van der Waals surface area contributed by atoms with Crippen LogP contribution < -0.4 is 16.4 Å². The first-order valence-corrected chi connectivity index (χ1v) is 5.02. The van der Waals surface area contributed by atoms with Crippen LogP contribution in [0, 0.1) is 0 Å². The highest BCUT2D eigenvalue weighted by Crippen LogP contribution is 2.16. The lowest BCUT2D eigenvalue weighted by atomic mass is 9.92. The number of nitrogens with one attached hydrogen (secondary N) is 2. The Labute approximate surface area is 79.3 Å². The van der Waals surface area contributed by atoms with Crippen molar-refractivity contribution in [3.63, 3.8) is 0 Å². The third kappa shape index (κ3) is 3.63. The van der Waals surface area contributed by atoms with E-state index in [2.05, 4.69) is 10.6 Å². The molecule has 0 atom stereocenters. The fourth-order valence-corrected chi connectivity index (χ4v) is 1.66. The minimum atomic E-state index is -0.0528. The molecule has 0 spiro atoms. The molecule has 0 aromatic heterocycles. The van der Waals surface area contributed by atoms with Gasteiger partial charge in [0.05, 0.1) is 0 Å². The Kier molecular flexibility index (Phi) is 4.02. The van der Waals surface area contributed by atoms with E-state index >= 15 is 0 Å². The molecular formula is C9H19N3O. The number of nitrogens with two attached hydrogens (primary N) is 1. The zero-order valence-electron chi connectivity index (χ0n) is 8.18. The van der Waals surface area contributed by atoms with Crippen LogP contribution in [0.5, 0.6) is 0 Å². The highest BCUT2D eigenvalue weighted by Gasteiger charge is 2.19. The number of amides is 2. The van der Waals surface area contributed by atoms with Crippen LogP contribution in [0.1, 0.15) is 32.6 Å². The predicted molar refractivity (Wildman–Crippen MR) is 52.4 cm³/mol. The van der Waals surface area contributed by atoms with Gasteiger partial charge in [0, 0.05) is 18.6 Å². The SMILES string of the molecule is CCNC(=O)NC1CCC(N)CC1. The van der Waals surface area contributed by atoms with Crippen molar-refractivity contribution in [2.45, 2.75) is 44.7 Å². The molecule has 1 aliphatic carbocycles. The molecule has 0 aromatic carbocycles. The maximum atomic E-state index is 11.1. The van der Waals surface area contributed by atoms with Crippen molar-refractivity contribution in [1.29, 1.82) is 0 Å². The number of rotatable bonds is 2. The summed E-state index contributed by atoms with van der Waals surface area (Å²) < 4.78 is 0. The fraction of sp³-hybridized carbons (Fsp3) is 0.889. The predicted octanol–water partition coefficient (Wildman–Crippen LogP) is 0.575. The lowest BCUT2D eigenvalue weighted by Crippen LogP contribution is -2.45. The van der Waals surface area contributed by atoms with Crippen LogP contribution in [0.25, 0.3) is 0 Å². The van der Waals surface area contributed by atoms with Gasteiger partial charge in [0.1, 0.15) is 0 Å². The maximum absolute atomic E-state index is 11.1. The van der Waals surface area contributed by atoms with E-state index in [1.165, 1.54) is 0 Å². The Balaban J connectivity index is 2.18. The molecule has 1 rings (SSSR count). The van der Waals surface area contributed by atoms with Gasteiger partial charge in [0.2, 0.25) is 0 Å². The summed E-state index contributed by atoms with van der Waals surface area (Å²) in [5.74, 6) is 0. The monoisotopic (exact) mass is 185 g/mol. The van der Waals surface area contributed by atoms with Crippen LogP contribution in [0.2, 0.25) is 0 Å². The van der Waals surface area contributed by atoms with Crippen molar-refractivity contribution >= 4 is 6.03 Å². The molecule has 4 N–H and O–H groups in total. The first-order valence-electron chi connectivity index (χ1n) is 5.02. The van der Waals surface area contributed by atoms with E-state index in [0.717, 1.165) is 25.7 Å². The third-order valence-electron chi connectivity index (χ3n) is 2.44. The van der Waals surface area contributed by atoms with E-state index in [-0.39, 0.29) is 6.03 Å². The topological polar surface area (TPSA) is 67.2 Å². The average Bonchev–Trinajstić information content (AvgIpc) is 2.09. The van der Waals surface area contributed by atoms with Crippen molar-refractivity contribution in [3.8, 4) is 0 Å². The summed E-state index contributed by atoms with van der Waals surface area (Å²) in [4.78, 5) is 11.1. The molecule has 0 bridgehead atoms. The number of hydrogen-bond acceptors (Lipinski definition) is 2. The highest BCUT2D eigenvalue weighted by atomic mass is 16.2. The highest BCUT2D eigenvalue weighted by molar-refractivity contribution is 5.74. The van der Waals surface area contributed by atoms with E-state index in [0.29, 0.717) is 18.6 Å². The van der Waals surface area contributed by atoms with Gasteiger partial charge in [-0.2, -0.15) is 0 Å². The first kappa shape index (κ1) is 10.3. The van der Waals surface area contributed by atoms with Gasteiger partial charge < -0.3 is 16.4 Å². The van der Waals surface area contributed by atoms with Gasteiger partial charge in [-0.1, -0.05) is 0 Å². The number of carbonyl (C=O) groups is 1. The second kappa shape index (κ2) is 5.07. The zero-order valence-corrected chi connectivity index (χ0v) is 8.18. The maximum Gasteiger partial charge on any atom is 0.314 e. The molecule has 0 unspecified atom stereocenters. The van der Waals surface area contributed by atoms with E-state index in [1.54, 1.807) is 0 Å². The summed E-state index contributed by atoms with van der Waals surface area (Å²) in [6, 6.07) is 0.613. The van der Waals surface area contributed by atoms with Crippen molar-refractivity contribution in [2.24, 2.45) is 5.73 Å². The van der Waals surface area contributed by atoms with Crippen LogP contribution in [0.15, 0.2) is 0 Å². The van der Waals surface area contributed by atoms with Crippen molar-refractivity contribution in [3.05, 3.63) is 0 Å². The number of carbonyl (C=O) groups excluding carboxylic acids is 1. The standard InChI is InChI=1S/C9H19N3O/c1-2-11-9(13)12-8-5-3-7(10)4-6-8/h7-8H,2-6,10H2,1H3,(H2,11,12,13). The second-order valence-corrected chi connectivity index (χ2v) is 3.62. The molecule has 0 aromatic rings. The van der Waals surface area contributed by atoms with E-state index in [9.17, 15) is 4.79 Å². The van der Waals surface area contributed by atoms with Crippen molar-refractivity contribution in [2.75, 3.05) is 6.54 Å². The normalized spacial score (nSPS) is 28.2. The van der Waals surface area contributed by atoms with Crippen LogP contribution >= 0.6 is 0 Å². The first-order chi connectivity index (χ1) is 6.22. The molecule has 13 heavy (non-hydrogen) atoms. The molecule has 76 valence electrons. The van der Waals surface area contributed by atoms with Gasteiger partial charge in [0.15, 0.2) is 0 Å². The van der Waals surface area contributed by atoms with Crippen molar-refractivity contribution < 1.29 is 4.79 Å². The Hall–Kier alpha value is -0.770. The lowest BCUT2D eigenvalue weighted by molar-refractivity contribution is 0.232. The third-order valence-corrected chi connectivity index (χ3v) is 2.44. The minimum absolute atomic E-state index is 0.0528. The second-order valence-electron chi connectivity index (χ2n) is 3.62. The Bertz CT molecular complexity index is 164. The smallest absolute Gasteiger partial charge is 0.314 e. The molecule has 0 saturated heterocycles. The number of hydrogen-bond donors (Lipinski definition) is 3. The molecule has 2 amide bonds. The van der Waals surface area contributed by atoms with Gasteiger partial charge in [-0.3, -0.25) is 0 Å². The molecular weight excluding hydrogens is 166 g/mol. The molecule has 0 radical (unpaired) electrons. The zero-order chi connectivity index (χ0) is 9.68. The van der Waals surface area contributed by atoms with Crippen LogP contribution in [-0.2, 0) is 0 Å². The van der Waals surface area contributed by atoms with E-state index < -0.39 is 0 Å².